The van der Waals surface area contributed by atoms with Crippen LogP contribution in [0, 0.1) is 0 Å². The van der Waals surface area contributed by atoms with E-state index in [4.69, 9.17) is 13.9 Å². The third-order valence-electron chi connectivity index (χ3n) is 4.33. The van der Waals surface area contributed by atoms with E-state index in [2.05, 4.69) is 15.6 Å². The van der Waals surface area contributed by atoms with Crippen molar-refractivity contribution >= 4 is 28.4 Å². The molecule has 0 amide bonds. The average Bonchev–Trinajstić information content (AvgIpc) is 3.36. The molecule has 0 spiro atoms. The second-order valence-electron chi connectivity index (χ2n) is 6.11. The number of ether oxygens (including phenoxy) is 2. The van der Waals surface area contributed by atoms with E-state index < -0.39 is 0 Å². The van der Waals surface area contributed by atoms with Gasteiger partial charge in [0.2, 0.25) is 5.16 Å². The Morgan fingerprint density at radius 2 is 1.89 bits per heavy atom. The number of rotatable bonds is 5. The molecule has 0 bridgehead atoms. The summed E-state index contributed by atoms with van der Waals surface area (Å²) in [6.07, 6.45) is 0. The molecule has 1 aliphatic heterocycles. The van der Waals surface area contributed by atoms with Gasteiger partial charge in [0.1, 0.15) is 29.4 Å². The number of furan rings is 1. The van der Waals surface area contributed by atoms with Crippen molar-refractivity contribution in [3.63, 3.8) is 0 Å². The Balaban J connectivity index is 1.34. The molecule has 2 aromatic heterocycles. The molecule has 0 saturated carbocycles. The number of hydrogen-bond donors (Lipinski definition) is 1. The molecule has 0 radical (unpaired) electrons. The van der Waals surface area contributed by atoms with Gasteiger partial charge in [-0.1, -0.05) is 30.0 Å². The van der Waals surface area contributed by atoms with Crippen LogP contribution in [0.25, 0.3) is 16.7 Å². The molecule has 2 aromatic carbocycles. The maximum atomic E-state index is 5.95. The van der Waals surface area contributed by atoms with Crippen LogP contribution in [-0.4, -0.2) is 22.0 Å². The van der Waals surface area contributed by atoms with E-state index in [0.29, 0.717) is 5.82 Å². The molecule has 5 rings (SSSR count). The van der Waals surface area contributed by atoms with E-state index in [1.165, 1.54) is 11.8 Å². The van der Waals surface area contributed by atoms with Crippen molar-refractivity contribution < 1.29 is 13.9 Å². The second kappa shape index (κ2) is 6.97. The van der Waals surface area contributed by atoms with Gasteiger partial charge in [-0.25, -0.2) is 4.68 Å². The van der Waals surface area contributed by atoms with Gasteiger partial charge in [0.05, 0.1) is 7.11 Å². The van der Waals surface area contributed by atoms with Crippen LogP contribution in [0.5, 0.6) is 11.5 Å². The van der Waals surface area contributed by atoms with E-state index >= 15 is 0 Å². The Hall–Kier alpha value is -3.39. The largest absolute Gasteiger partial charge is 0.497 e. The molecule has 0 aliphatic carbocycles. The molecule has 0 fully saturated rings. The Morgan fingerprint density at radius 1 is 1.07 bits per heavy atom. The maximum Gasteiger partial charge on any atom is 0.214 e. The first-order valence-corrected chi connectivity index (χ1v) is 9.52. The normalized spacial score (nSPS) is 13.0. The molecular weight excluding hydrogens is 376 g/mol. The van der Waals surface area contributed by atoms with Gasteiger partial charge in [-0.3, -0.25) is 5.43 Å². The molecule has 0 atom stereocenters. The zero-order valence-electron chi connectivity index (χ0n) is 15.0. The van der Waals surface area contributed by atoms with Crippen molar-refractivity contribution in [1.29, 1.82) is 0 Å². The first-order valence-electron chi connectivity index (χ1n) is 8.64. The third kappa shape index (κ3) is 3.07. The van der Waals surface area contributed by atoms with Gasteiger partial charge in [-0.15, -0.1) is 10.2 Å². The number of para-hydroxylation sites is 1. The van der Waals surface area contributed by atoms with Gasteiger partial charge in [0, 0.05) is 10.8 Å². The van der Waals surface area contributed by atoms with Gasteiger partial charge >= 0.3 is 0 Å². The zero-order valence-corrected chi connectivity index (χ0v) is 15.8. The Labute approximate surface area is 164 Å². The van der Waals surface area contributed by atoms with Crippen LogP contribution in [0.1, 0.15) is 11.6 Å². The summed E-state index contributed by atoms with van der Waals surface area (Å²) in [7, 11) is 1.63. The summed E-state index contributed by atoms with van der Waals surface area (Å²) in [5.74, 6) is 2.94. The van der Waals surface area contributed by atoms with Crippen LogP contribution in [0.3, 0.4) is 0 Å². The van der Waals surface area contributed by atoms with Crippen LogP contribution in [0.4, 0.5) is 0 Å². The van der Waals surface area contributed by atoms with Gasteiger partial charge in [0.25, 0.3) is 0 Å². The fraction of sp³-hybridized carbons (Fsp3) is 0.100. The van der Waals surface area contributed by atoms with E-state index in [-0.39, 0.29) is 6.61 Å². The summed E-state index contributed by atoms with van der Waals surface area (Å²) < 4.78 is 18.8. The first kappa shape index (κ1) is 16.8. The quantitative estimate of drug-likeness (QED) is 0.544. The van der Waals surface area contributed by atoms with Crippen LogP contribution in [0.15, 0.2) is 69.6 Å². The molecule has 0 unspecified atom stereocenters. The number of hydrogen-bond acceptors (Lipinski definition) is 7. The smallest absolute Gasteiger partial charge is 0.214 e. The number of nitrogens with zero attached hydrogens (tertiary/aromatic N) is 3. The van der Waals surface area contributed by atoms with Crippen LogP contribution >= 0.6 is 11.8 Å². The highest BCUT2D eigenvalue weighted by molar-refractivity contribution is 8.02. The van der Waals surface area contributed by atoms with E-state index in [9.17, 15) is 0 Å². The van der Waals surface area contributed by atoms with Crippen molar-refractivity contribution in [2.75, 3.05) is 12.5 Å². The molecule has 4 aromatic rings. The predicted molar refractivity (Wildman–Crippen MR) is 107 cm³/mol. The van der Waals surface area contributed by atoms with E-state index in [1.54, 1.807) is 7.11 Å². The highest BCUT2D eigenvalue weighted by Crippen LogP contribution is 2.31. The highest BCUT2D eigenvalue weighted by atomic mass is 32.2. The SMILES string of the molecule is COc1ccc(OCc2nnc3n2NC(c2cc4ccccc4o2)=CS3)cc1. The van der Waals surface area contributed by atoms with Crippen molar-refractivity contribution in [3.05, 3.63) is 71.6 Å². The van der Waals surface area contributed by atoms with Crippen molar-refractivity contribution in [1.82, 2.24) is 14.9 Å². The fourth-order valence-electron chi connectivity index (χ4n) is 2.89. The number of methoxy groups -OCH3 is 1. The topological polar surface area (TPSA) is 74.3 Å². The number of nitrogens with one attached hydrogen (secondary N) is 1. The monoisotopic (exact) mass is 392 g/mol. The highest BCUT2D eigenvalue weighted by Gasteiger charge is 2.20. The van der Waals surface area contributed by atoms with Gasteiger partial charge < -0.3 is 13.9 Å². The zero-order chi connectivity index (χ0) is 18.9. The van der Waals surface area contributed by atoms with Gasteiger partial charge in [-0.2, -0.15) is 0 Å². The molecular formula is C20H16N4O3S. The molecule has 0 saturated heterocycles. The third-order valence-corrected chi connectivity index (χ3v) is 5.16. The average molecular weight is 392 g/mol. The molecule has 7 nitrogen and oxygen atoms in total. The summed E-state index contributed by atoms with van der Waals surface area (Å²) >= 11 is 1.48. The minimum Gasteiger partial charge on any atom is -0.497 e. The summed E-state index contributed by atoms with van der Waals surface area (Å²) in [5, 5.41) is 12.2. The Kier molecular flexibility index (Phi) is 4.17. The van der Waals surface area contributed by atoms with Crippen molar-refractivity contribution in [2.24, 2.45) is 0 Å². The lowest BCUT2D eigenvalue weighted by Crippen LogP contribution is -2.20. The molecule has 1 aliphatic rings. The summed E-state index contributed by atoms with van der Waals surface area (Å²) in [6.45, 7) is 0.278. The van der Waals surface area contributed by atoms with E-state index in [0.717, 1.165) is 39.1 Å². The van der Waals surface area contributed by atoms with E-state index in [1.807, 2.05) is 64.7 Å². The maximum absolute atomic E-state index is 5.95. The number of aromatic nitrogens is 3. The Bertz CT molecular complexity index is 1130. The lowest BCUT2D eigenvalue weighted by atomic mass is 10.2. The molecule has 1 N–H and O–H groups in total. The second-order valence-corrected chi connectivity index (χ2v) is 6.94. The molecule has 28 heavy (non-hydrogen) atoms. The van der Waals surface area contributed by atoms with Crippen molar-refractivity contribution in [2.45, 2.75) is 11.8 Å². The number of benzene rings is 2. The fourth-order valence-corrected chi connectivity index (χ4v) is 3.62. The lowest BCUT2D eigenvalue weighted by molar-refractivity contribution is 0.290. The van der Waals surface area contributed by atoms with Crippen molar-refractivity contribution in [3.8, 4) is 11.5 Å². The molecule has 8 heteroatoms. The van der Waals surface area contributed by atoms with Crippen LogP contribution < -0.4 is 14.9 Å². The summed E-state index contributed by atoms with van der Waals surface area (Å²) in [6, 6.07) is 17.4. The number of thioether (sulfide) groups is 1. The lowest BCUT2D eigenvalue weighted by Gasteiger charge is -2.17. The van der Waals surface area contributed by atoms with Gasteiger partial charge in [0.15, 0.2) is 11.6 Å². The first-order chi connectivity index (χ1) is 13.8. The van der Waals surface area contributed by atoms with Crippen LogP contribution in [0.2, 0.25) is 0 Å². The number of fused-ring (bicyclic) bond motifs is 2. The minimum atomic E-state index is 0.278. The Morgan fingerprint density at radius 3 is 2.71 bits per heavy atom. The molecule has 140 valence electrons. The van der Waals surface area contributed by atoms with Gasteiger partial charge in [-0.05, 0) is 36.4 Å². The summed E-state index contributed by atoms with van der Waals surface area (Å²) in [4.78, 5) is 0. The molecule has 3 heterocycles. The standard InChI is InChI=1S/C20H16N4O3S/c1-25-14-6-8-15(9-7-14)26-11-19-21-22-20-24(19)23-16(12-28-20)18-10-13-4-2-3-5-17(13)27-18/h2-10,12,23H,11H2,1H3. The predicted octanol–water partition coefficient (Wildman–Crippen LogP) is 4.26. The van der Waals surface area contributed by atoms with Crippen LogP contribution in [-0.2, 0) is 6.61 Å². The summed E-state index contributed by atoms with van der Waals surface area (Å²) in [5.41, 5.74) is 5.01. The minimum absolute atomic E-state index is 0.278.